The van der Waals surface area contributed by atoms with Gasteiger partial charge in [-0.05, 0) is 62.7 Å². The second kappa shape index (κ2) is 9.66. The van der Waals surface area contributed by atoms with Gasteiger partial charge in [0.25, 0.3) is 10.0 Å². The number of benzene rings is 3. The third kappa shape index (κ3) is 5.64. The first-order valence-electron chi connectivity index (χ1n) is 9.98. The highest BCUT2D eigenvalue weighted by molar-refractivity contribution is 7.92. The van der Waals surface area contributed by atoms with E-state index in [1.54, 1.807) is 66.7 Å². The van der Waals surface area contributed by atoms with E-state index in [0.717, 1.165) is 15.4 Å². The monoisotopic (exact) mass is 438 g/mol. The average molecular weight is 439 g/mol. The Hall–Kier alpha value is -3.32. The van der Waals surface area contributed by atoms with Crippen molar-refractivity contribution in [2.24, 2.45) is 0 Å². The lowest BCUT2D eigenvalue weighted by atomic mass is 10.2. The number of rotatable bonds is 8. The molecule has 1 N–H and O–H groups in total. The zero-order valence-electron chi connectivity index (χ0n) is 17.8. The molecule has 3 aromatic carbocycles. The molecule has 0 heterocycles. The van der Waals surface area contributed by atoms with Gasteiger partial charge in [0.1, 0.15) is 12.3 Å². The van der Waals surface area contributed by atoms with Crippen LogP contribution in [0.25, 0.3) is 0 Å². The van der Waals surface area contributed by atoms with Crippen molar-refractivity contribution in [3.05, 3.63) is 83.9 Å². The van der Waals surface area contributed by atoms with Crippen molar-refractivity contribution >= 4 is 27.3 Å². The summed E-state index contributed by atoms with van der Waals surface area (Å²) >= 11 is 0. The molecule has 3 aromatic rings. The van der Waals surface area contributed by atoms with Crippen LogP contribution in [0.15, 0.2) is 77.7 Å². The Morgan fingerprint density at radius 3 is 2.32 bits per heavy atom. The molecule has 6 nitrogen and oxygen atoms in total. The number of nitrogens with one attached hydrogen (secondary N) is 1. The number of carbonyl (C=O) groups is 1. The highest BCUT2D eigenvalue weighted by Crippen LogP contribution is 2.25. The lowest BCUT2D eigenvalue weighted by Crippen LogP contribution is -2.38. The minimum absolute atomic E-state index is 0.130. The van der Waals surface area contributed by atoms with Crippen LogP contribution in [0.2, 0.25) is 0 Å². The van der Waals surface area contributed by atoms with E-state index in [1.165, 1.54) is 0 Å². The Morgan fingerprint density at radius 1 is 0.935 bits per heavy atom. The summed E-state index contributed by atoms with van der Waals surface area (Å²) in [4.78, 5) is 13.0. The summed E-state index contributed by atoms with van der Waals surface area (Å²) in [5.41, 5.74) is 2.81. The number of hydrogen-bond donors (Lipinski definition) is 1. The zero-order valence-corrected chi connectivity index (χ0v) is 18.6. The molecular formula is C24H26N2O4S. The van der Waals surface area contributed by atoms with Crippen LogP contribution in [-0.4, -0.2) is 27.5 Å². The molecule has 31 heavy (non-hydrogen) atoms. The molecule has 0 radical (unpaired) electrons. The molecule has 0 aliphatic heterocycles. The van der Waals surface area contributed by atoms with Gasteiger partial charge in [-0.3, -0.25) is 9.10 Å². The van der Waals surface area contributed by atoms with E-state index in [4.69, 9.17) is 4.74 Å². The Bertz CT molecular complexity index is 1160. The van der Waals surface area contributed by atoms with Crippen molar-refractivity contribution in [1.29, 1.82) is 0 Å². The SMILES string of the molecule is CCOc1cccc(NC(=O)CN(c2cccc(C)c2)S(=O)(=O)c2ccc(C)cc2)c1. The lowest BCUT2D eigenvalue weighted by Gasteiger charge is -2.24. The first-order valence-corrected chi connectivity index (χ1v) is 11.4. The van der Waals surface area contributed by atoms with Gasteiger partial charge in [0.05, 0.1) is 17.2 Å². The number of anilines is 2. The predicted octanol–water partition coefficient (Wildman–Crippen LogP) is 4.54. The third-order valence-electron chi connectivity index (χ3n) is 4.61. The fraction of sp³-hybridized carbons (Fsp3) is 0.208. The van der Waals surface area contributed by atoms with Gasteiger partial charge in [0.2, 0.25) is 5.91 Å². The Labute approximate surface area is 183 Å². The minimum atomic E-state index is -3.94. The molecule has 7 heteroatoms. The maximum Gasteiger partial charge on any atom is 0.264 e. The quantitative estimate of drug-likeness (QED) is 0.560. The standard InChI is InChI=1S/C24H26N2O4S/c1-4-30-22-10-6-8-20(16-22)25-24(27)17-26(21-9-5-7-19(3)15-21)31(28,29)23-13-11-18(2)12-14-23/h5-16H,4,17H2,1-3H3,(H,25,27). The van der Waals surface area contributed by atoms with Crippen LogP contribution in [0.5, 0.6) is 5.75 Å². The number of nitrogens with zero attached hydrogens (tertiary/aromatic N) is 1. The van der Waals surface area contributed by atoms with Crippen LogP contribution in [0, 0.1) is 13.8 Å². The van der Waals surface area contributed by atoms with Crippen LogP contribution in [0.1, 0.15) is 18.1 Å². The topological polar surface area (TPSA) is 75.7 Å². The summed E-state index contributed by atoms with van der Waals surface area (Å²) in [6, 6.07) is 20.6. The fourth-order valence-electron chi connectivity index (χ4n) is 3.10. The van der Waals surface area contributed by atoms with Crippen molar-refractivity contribution in [3.8, 4) is 5.75 Å². The predicted molar refractivity (Wildman–Crippen MR) is 123 cm³/mol. The molecule has 0 unspecified atom stereocenters. The molecule has 0 atom stereocenters. The van der Waals surface area contributed by atoms with E-state index >= 15 is 0 Å². The average Bonchev–Trinajstić information content (AvgIpc) is 2.73. The van der Waals surface area contributed by atoms with Crippen molar-refractivity contribution in [2.75, 3.05) is 22.8 Å². The van der Waals surface area contributed by atoms with Crippen molar-refractivity contribution < 1.29 is 17.9 Å². The Morgan fingerprint density at radius 2 is 1.65 bits per heavy atom. The maximum atomic E-state index is 13.4. The van der Waals surface area contributed by atoms with Crippen molar-refractivity contribution in [1.82, 2.24) is 0 Å². The number of aryl methyl sites for hydroxylation is 2. The van der Waals surface area contributed by atoms with Crippen LogP contribution >= 0.6 is 0 Å². The van der Waals surface area contributed by atoms with Crippen molar-refractivity contribution in [2.45, 2.75) is 25.7 Å². The summed E-state index contributed by atoms with van der Waals surface area (Å²) in [6.45, 7) is 5.78. The molecule has 3 rings (SSSR count). The first-order chi connectivity index (χ1) is 14.8. The normalized spacial score (nSPS) is 11.1. The van der Waals surface area contributed by atoms with Gasteiger partial charge in [0.15, 0.2) is 0 Å². The molecule has 0 spiro atoms. The van der Waals surface area contributed by atoms with E-state index in [1.807, 2.05) is 26.8 Å². The van der Waals surface area contributed by atoms with Gasteiger partial charge in [-0.25, -0.2) is 8.42 Å². The molecule has 0 aliphatic carbocycles. The molecule has 0 bridgehead atoms. The van der Waals surface area contributed by atoms with Crippen LogP contribution in [0.4, 0.5) is 11.4 Å². The molecule has 0 aliphatic rings. The maximum absolute atomic E-state index is 13.4. The number of sulfonamides is 1. The molecule has 0 saturated heterocycles. The second-order valence-corrected chi connectivity index (χ2v) is 9.04. The van der Waals surface area contributed by atoms with Gasteiger partial charge in [-0.2, -0.15) is 0 Å². The smallest absolute Gasteiger partial charge is 0.264 e. The van der Waals surface area contributed by atoms with Gasteiger partial charge in [-0.15, -0.1) is 0 Å². The summed E-state index contributed by atoms with van der Waals surface area (Å²) in [6.07, 6.45) is 0. The summed E-state index contributed by atoms with van der Waals surface area (Å²) in [5, 5.41) is 2.76. The van der Waals surface area contributed by atoms with Crippen molar-refractivity contribution in [3.63, 3.8) is 0 Å². The van der Waals surface area contributed by atoms with Gasteiger partial charge < -0.3 is 10.1 Å². The molecule has 162 valence electrons. The van der Waals surface area contributed by atoms with Crippen LogP contribution in [0.3, 0.4) is 0 Å². The van der Waals surface area contributed by atoms with E-state index < -0.39 is 15.9 Å². The summed E-state index contributed by atoms with van der Waals surface area (Å²) in [5.74, 6) is 0.175. The second-order valence-electron chi connectivity index (χ2n) is 7.17. The van der Waals surface area contributed by atoms with E-state index in [0.29, 0.717) is 23.7 Å². The lowest BCUT2D eigenvalue weighted by molar-refractivity contribution is -0.114. The number of ether oxygens (including phenoxy) is 1. The molecule has 1 amide bonds. The van der Waals surface area contributed by atoms with Gasteiger partial charge in [0, 0.05) is 11.8 Å². The molecule has 0 fully saturated rings. The molecule has 0 aromatic heterocycles. The highest BCUT2D eigenvalue weighted by atomic mass is 32.2. The van der Waals surface area contributed by atoms with E-state index in [-0.39, 0.29) is 11.4 Å². The molecule has 0 saturated carbocycles. The van der Waals surface area contributed by atoms with Gasteiger partial charge >= 0.3 is 0 Å². The zero-order chi connectivity index (χ0) is 22.4. The fourth-order valence-corrected chi connectivity index (χ4v) is 4.51. The summed E-state index contributed by atoms with van der Waals surface area (Å²) < 4.78 is 33.4. The molecular weight excluding hydrogens is 412 g/mol. The minimum Gasteiger partial charge on any atom is -0.494 e. The largest absolute Gasteiger partial charge is 0.494 e. The van der Waals surface area contributed by atoms with Gasteiger partial charge in [-0.1, -0.05) is 35.9 Å². The van der Waals surface area contributed by atoms with E-state index in [2.05, 4.69) is 5.32 Å². The Kier molecular flexibility index (Phi) is 6.97. The highest BCUT2D eigenvalue weighted by Gasteiger charge is 2.27. The summed E-state index contributed by atoms with van der Waals surface area (Å²) in [7, 11) is -3.94. The number of carbonyl (C=O) groups excluding carboxylic acids is 1. The number of hydrogen-bond acceptors (Lipinski definition) is 4. The number of amides is 1. The first kappa shape index (κ1) is 22.4. The van der Waals surface area contributed by atoms with Crippen LogP contribution in [-0.2, 0) is 14.8 Å². The van der Waals surface area contributed by atoms with Crippen LogP contribution < -0.4 is 14.4 Å². The Balaban J connectivity index is 1.91. The third-order valence-corrected chi connectivity index (χ3v) is 6.40. The van der Waals surface area contributed by atoms with E-state index in [9.17, 15) is 13.2 Å².